The maximum absolute atomic E-state index is 12.9. The molecule has 1 atom stereocenters. The Balaban J connectivity index is 2.37. The fourth-order valence-electron chi connectivity index (χ4n) is 2.45. The lowest BCUT2D eigenvalue weighted by atomic mass is 10.1. The van der Waals surface area contributed by atoms with Gasteiger partial charge in [0.2, 0.25) is 0 Å². The van der Waals surface area contributed by atoms with Crippen molar-refractivity contribution >= 4 is 11.9 Å². The lowest BCUT2D eigenvalue weighted by Gasteiger charge is -2.27. The number of nitrogens with zero attached hydrogens (tertiary/aromatic N) is 3. The van der Waals surface area contributed by atoms with Crippen molar-refractivity contribution < 1.29 is 14.3 Å². The maximum atomic E-state index is 12.9. The van der Waals surface area contributed by atoms with Crippen molar-refractivity contribution in [2.24, 2.45) is 7.05 Å². The molecule has 24 heavy (non-hydrogen) atoms. The number of rotatable bonds is 5. The van der Waals surface area contributed by atoms with Crippen molar-refractivity contribution in [3.63, 3.8) is 0 Å². The minimum Gasteiger partial charge on any atom is -0.467 e. The van der Waals surface area contributed by atoms with E-state index in [9.17, 15) is 9.59 Å². The predicted molar refractivity (Wildman–Crippen MR) is 87.9 cm³/mol. The van der Waals surface area contributed by atoms with Crippen molar-refractivity contribution in [3.8, 4) is 6.07 Å². The maximum Gasteiger partial charge on any atom is 0.328 e. The highest BCUT2D eigenvalue weighted by Gasteiger charge is 2.29. The zero-order valence-electron chi connectivity index (χ0n) is 13.9. The molecule has 2 rings (SSSR count). The number of benzene rings is 1. The molecule has 0 N–H and O–H groups in total. The summed E-state index contributed by atoms with van der Waals surface area (Å²) in [5.41, 5.74) is 1.64. The second-order valence-electron chi connectivity index (χ2n) is 5.45. The molecular formula is C18H19N3O3. The molecule has 0 aliphatic rings. The van der Waals surface area contributed by atoms with E-state index < -0.39 is 12.0 Å². The van der Waals surface area contributed by atoms with E-state index in [1.807, 2.05) is 36.4 Å². The largest absolute Gasteiger partial charge is 0.467 e. The molecule has 0 aliphatic heterocycles. The highest BCUT2D eigenvalue weighted by Crippen LogP contribution is 2.16. The molecular weight excluding hydrogens is 306 g/mol. The van der Waals surface area contributed by atoms with Gasteiger partial charge >= 0.3 is 5.97 Å². The van der Waals surface area contributed by atoms with Crippen LogP contribution in [0.4, 0.5) is 0 Å². The van der Waals surface area contributed by atoms with Crippen LogP contribution in [0.5, 0.6) is 0 Å². The molecule has 1 heterocycles. The first-order valence-corrected chi connectivity index (χ1v) is 7.47. The van der Waals surface area contributed by atoms with Crippen molar-refractivity contribution in [2.45, 2.75) is 19.5 Å². The average molecular weight is 325 g/mol. The SMILES string of the molecule is COC(=O)[C@H](C)N(Cc1ccccc1)C(=O)c1cc(C#N)cn1C. The second-order valence-corrected chi connectivity index (χ2v) is 5.45. The third-order valence-corrected chi connectivity index (χ3v) is 3.82. The fourth-order valence-corrected chi connectivity index (χ4v) is 2.45. The van der Waals surface area contributed by atoms with E-state index in [2.05, 4.69) is 0 Å². The Bertz CT molecular complexity index is 775. The Kier molecular flexibility index (Phi) is 5.38. The van der Waals surface area contributed by atoms with E-state index in [0.29, 0.717) is 11.3 Å². The van der Waals surface area contributed by atoms with Crippen molar-refractivity contribution in [1.29, 1.82) is 5.26 Å². The predicted octanol–water partition coefficient (Wildman–Crippen LogP) is 2.10. The molecule has 0 radical (unpaired) electrons. The number of amides is 1. The van der Waals surface area contributed by atoms with Gasteiger partial charge in [-0.15, -0.1) is 0 Å². The molecule has 0 saturated heterocycles. The molecule has 0 saturated carbocycles. The van der Waals surface area contributed by atoms with Crippen LogP contribution in [0.25, 0.3) is 0 Å². The number of esters is 1. The number of hydrogen-bond donors (Lipinski definition) is 0. The molecule has 6 heteroatoms. The highest BCUT2D eigenvalue weighted by atomic mass is 16.5. The minimum absolute atomic E-state index is 0.267. The van der Waals surface area contributed by atoms with Crippen LogP contribution >= 0.6 is 0 Å². The molecule has 0 fully saturated rings. The van der Waals surface area contributed by atoms with Crippen molar-refractivity contribution in [1.82, 2.24) is 9.47 Å². The van der Waals surface area contributed by atoms with Gasteiger partial charge in [-0.25, -0.2) is 4.79 Å². The first-order chi connectivity index (χ1) is 11.5. The number of hydrogen-bond acceptors (Lipinski definition) is 4. The lowest BCUT2D eigenvalue weighted by molar-refractivity contribution is -0.145. The van der Waals surface area contributed by atoms with Gasteiger partial charge in [0, 0.05) is 19.8 Å². The van der Waals surface area contributed by atoms with E-state index in [1.54, 1.807) is 24.7 Å². The van der Waals surface area contributed by atoms with Crippen LogP contribution in [0.1, 0.15) is 28.5 Å². The van der Waals surface area contributed by atoms with Gasteiger partial charge in [-0.3, -0.25) is 4.79 Å². The fraction of sp³-hybridized carbons (Fsp3) is 0.278. The average Bonchev–Trinajstić information content (AvgIpc) is 2.99. The van der Waals surface area contributed by atoms with Crippen LogP contribution in [-0.4, -0.2) is 34.5 Å². The highest BCUT2D eigenvalue weighted by molar-refractivity contribution is 5.95. The summed E-state index contributed by atoms with van der Waals surface area (Å²) < 4.78 is 6.37. The van der Waals surface area contributed by atoms with Crippen LogP contribution in [0.15, 0.2) is 42.6 Å². The number of carbonyl (C=O) groups excluding carboxylic acids is 2. The first-order valence-electron chi connectivity index (χ1n) is 7.47. The Hall–Kier alpha value is -3.07. The minimum atomic E-state index is -0.747. The van der Waals surface area contributed by atoms with Gasteiger partial charge in [-0.05, 0) is 18.6 Å². The summed E-state index contributed by atoms with van der Waals surface area (Å²) in [5.74, 6) is -0.824. The molecule has 0 aliphatic carbocycles. The first kappa shape index (κ1) is 17.3. The molecule has 1 aromatic heterocycles. The number of aryl methyl sites for hydroxylation is 1. The zero-order valence-corrected chi connectivity index (χ0v) is 13.9. The normalized spacial score (nSPS) is 11.4. The molecule has 2 aromatic rings. The van der Waals surface area contributed by atoms with E-state index in [1.165, 1.54) is 18.1 Å². The molecule has 0 bridgehead atoms. The van der Waals surface area contributed by atoms with Crippen LogP contribution < -0.4 is 0 Å². The zero-order chi connectivity index (χ0) is 17.7. The van der Waals surface area contributed by atoms with Crippen LogP contribution in [0.3, 0.4) is 0 Å². The molecule has 1 amide bonds. The number of methoxy groups -OCH3 is 1. The second kappa shape index (κ2) is 7.47. The van der Waals surface area contributed by atoms with E-state index >= 15 is 0 Å². The quantitative estimate of drug-likeness (QED) is 0.789. The van der Waals surface area contributed by atoms with Crippen LogP contribution in [0, 0.1) is 11.3 Å². The third kappa shape index (κ3) is 3.63. The number of ether oxygens (including phenoxy) is 1. The lowest BCUT2D eigenvalue weighted by Crippen LogP contribution is -2.43. The Morgan fingerprint density at radius 1 is 1.33 bits per heavy atom. The molecule has 124 valence electrons. The van der Waals surface area contributed by atoms with Gasteiger partial charge in [0.15, 0.2) is 0 Å². The number of carbonyl (C=O) groups is 2. The summed E-state index contributed by atoms with van der Waals surface area (Å²) >= 11 is 0. The number of aromatic nitrogens is 1. The van der Waals surface area contributed by atoms with Crippen LogP contribution in [0.2, 0.25) is 0 Å². The molecule has 1 aromatic carbocycles. The summed E-state index contributed by atoms with van der Waals surface area (Å²) in [6.45, 7) is 1.89. The third-order valence-electron chi connectivity index (χ3n) is 3.82. The van der Waals surface area contributed by atoms with Gasteiger partial charge in [0.1, 0.15) is 17.8 Å². The van der Waals surface area contributed by atoms with Gasteiger partial charge in [-0.2, -0.15) is 5.26 Å². The Morgan fingerprint density at radius 3 is 2.54 bits per heavy atom. The smallest absolute Gasteiger partial charge is 0.328 e. The monoisotopic (exact) mass is 325 g/mol. The standard InChI is InChI=1S/C18H19N3O3/c1-13(18(23)24-3)21(12-14-7-5-4-6-8-14)17(22)16-9-15(10-19)11-20(16)2/h4-9,11,13H,12H2,1-3H3/t13-/m0/s1. The van der Waals surface area contributed by atoms with E-state index in [-0.39, 0.29) is 12.5 Å². The van der Waals surface area contributed by atoms with Gasteiger partial charge in [-0.1, -0.05) is 30.3 Å². The van der Waals surface area contributed by atoms with E-state index in [0.717, 1.165) is 5.56 Å². The summed E-state index contributed by atoms with van der Waals surface area (Å²) in [7, 11) is 2.98. The van der Waals surface area contributed by atoms with Gasteiger partial charge < -0.3 is 14.2 Å². The van der Waals surface area contributed by atoms with Crippen LogP contribution in [-0.2, 0) is 23.1 Å². The molecule has 0 unspecified atom stereocenters. The summed E-state index contributed by atoms with van der Waals surface area (Å²) in [5, 5.41) is 9.00. The topological polar surface area (TPSA) is 75.3 Å². The summed E-state index contributed by atoms with van der Waals surface area (Å²) in [6, 6.07) is 12.2. The van der Waals surface area contributed by atoms with Crippen molar-refractivity contribution in [3.05, 3.63) is 59.4 Å². The summed E-state index contributed by atoms with van der Waals surface area (Å²) in [6.07, 6.45) is 1.58. The molecule has 0 spiro atoms. The van der Waals surface area contributed by atoms with Crippen molar-refractivity contribution in [2.75, 3.05) is 7.11 Å². The number of nitriles is 1. The summed E-state index contributed by atoms with van der Waals surface area (Å²) in [4.78, 5) is 26.3. The van der Waals surface area contributed by atoms with Gasteiger partial charge in [0.05, 0.1) is 12.7 Å². The van der Waals surface area contributed by atoms with Gasteiger partial charge in [0.25, 0.3) is 5.91 Å². The Morgan fingerprint density at radius 2 is 2.00 bits per heavy atom. The van der Waals surface area contributed by atoms with E-state index in [4.69, 9.17) is 10.00 Å². The molecule has 6 nitrogen and oxygen atoms in total. The Labute approximate surface area is 140 Å².